The molecule has 2 aromatic rings. The number of nitrogens with zero attached hydrogens (tertiary/aromatic N) is 1. The summed E-state index contributed by atoms with van der Waals surface area (Å²) in [4.78, 5) is 17.9. The van der Waals surface area contributed by atoms with Crippen molar-refractivity contribution in [3.63, 3.8) is 0 Å². The summed E-state index contributed by atoms with van der Waals surface area (Å²) in [6.45, 7) is 7.74. The van der Waals surface area contributed by atoms with E-state index in [-0.39, 0.29) is 11.3 Å². The van der Waals surface area contributed by atoms with Crippen LogP contribution < -0.4 is 0 Å². The fraction of sp³-hybridized carbons (Fsp3) is 0.500. The van der Waals surface area contributed by atoms with E-state index in [0.29, 0.717) is 5.92 Å². The Morgan fingerprint density at radius 2 is 1.86 bits per heavy atom. The molecule has 2 heterocycles. The molecule has 1 N–H and O–H groups in total. The van der Waals surface area contributed by atoms with Crippen molar-refractivity contribution in [1.82, 2.24) is 9.88 Å². The monoisotopic (exact) mass is 284 g/mol. The molecule has 0 aliphatic carbocycles. The average molecular weight is 284 g/mol. The molecule has 0 spiro atoms. The van der Waals surface area contributed by atoms with E-state index in [4.69, 9.17) is 0 Å². The minimum atomic E-state index is -0.270. The number of hydrogen-bond donors (Lipinski definition) is 1. The first-order valence-corrected chi connectivity index (χ1v) is 7.82. The zero-order valence-electron chi connectivity index (χ0n) is 13.1. The second kappa shape index (κ2) is 5.21. The number of H-pyrrole nitrogens is 1. The number of rotatable bonds is 1. The van der Waals surface area contributed by atoms with Crippen LogP contribution in [-0.4, -0.2) is 28.9 Å². The predicted octanol–water partition coefficient (Wildman–Crippen LogP) is 3.92. The van der Waals surface area contributed by atoms with Gasteiger partial charge in [-0.05, 0) is 30.4 Å². The summed E-state index contributed by atoms with van der Waals surface area (Å²) in [5.41, 5.74) is 2.26. The lowest BCUT2D eigenvalue weighted by Gasteiger charge is -2.35. The number of piperidine rings is 1. The molecule has 1 aliphatic rings. The molecule has 3 nitrogen and oxygen atoms in total. The van der Waals surface area contributed by atoms with E-state index in [0.717, 1.165) is 25.9 Å². The number of hydrogen-bond acceptors (Lipinski definition) is 1. The predicted molar refractivity (Wildman–Crippen MR) is 86.3 cm³/mol. The number of carbonyl (C=O) groups excluding carboxylic acids is 1. The molecule has 0 bridgehead atoms. The molecule has 112 valence electrons. The van der Waals surface area contributed by atoms with Gasteiger partial charge in [-0.15, -0.1) is 0 Å². The Bertz CT molecular complexity index is 610. The average Bonchev–Trinajstić information content (AvgIpc) is 2.89. The largest absolute Gasteiger partial charge is 0.358 e. The normalized spacial score (nSPS) is 17.4. The van der Waals surface area contributed by atoms with Crippen LogP contribution in [0.1, 0.15) is 45.2 Å². The van der Waals surface area contributed by atoms with Crippen LogP contribution in [0.5, 0.6) is 0 Å². The van der Waals surface area contributed by atoms with Crippen LogP contribution >= 0.6 is 0 Å². The fourth-order valence-corrected chi connectivity index (χ4v) is 3.18. The number of para-hydroxylation sites is 1. The number of carbonyl (C=O) groups is 1. The van der Waals surface area contributed by atoms with Crippen LogP contribution in [-0.2, 0) is 4.79 Å². The number of aromatic nitrogens is 1. The summed E-state index contributed by atoms with van der Waals surface area (Å²) in [6.07, 6.45) is 2.10. The maximum Gasteiger partial charge on any atom is 0.227 e. The van der Waals surface area contributed by atoms with Crippen molar-refractivity contribution in [1.29, 1.82) is 0 Å². The van der Waals surface area contributed by atoms with Crippen LogP contribution in [0.15, 0.2) is 30.3 Å². The molecule has 0 radical (unpaired) electrons. The Morgan fingerprint density at radius 3 is 2.48 bits per heavy atom. The minimum Gasteiger partial charge on any atom is -0.358 e. The molecular weight excluding hydrogens is 260 g/mol. The Morgan fingerprint density at radius 1 is 1.19 bits per heavy atom. The van der Waals surface area contributed by atoms with Crippen molar-refractivity contribution in [2.24, 2.45) is 5.41 Å². The van der Waals surface area contributed by atoms with E-state index in [1.165, 1.54) is 16.6 Å². The molecule has 21 heavy (non-hydrogen) atoms. The summed E-state index contributed by atoms with van der Waals surface area (Å²) in [5.74, 6) is 0.819. The van der Waals surface area contributed by atoms with Crippen molar-refractivity contribution in [3.05, 3.63) is 36.0 Å². The van der Waals surface area contributed by atoms with Gasteiger partial charge in [0.1, 0.15) is 0 Å². The van der Waals surface area contributed by atoms with Crippen LogP contribution in [0.2, 0.25) is 0 Å². The van der Waals surface area contributed by atoms with Gasteiger partial charge in [0.25, 0.3) is 0 Å². The van der Waals surface area contributed by atoms with Gasteiger partial charge in [0, 0.05) is 35.6 Å². The summed E-state index contributed by atoms with van der Waals surface area (Å²) in [7, 11) is 0. The van der Waals surface area contributed by atoms with Gasteiger partial charge < -0.3 is 9.88 Å². The van der Waals surface area contributed by atoms with Crippen molar-refractivity contribution < 1.29 is 4.79 Å². The molecule has 1 aromatic heterocycles. The molecule has 1 amide bonds. The van der Waals surface area contributed by atoms with Crippen molar-refractivity contribution in [2.45, 2.75) is 39.5 Å². The molecule has 0 unspecified atom stereocenters. The highest BCUT2D eigenvalue weighted by Gasteiger charge is 2.31. The van der Waals surface area contributed by atoms with Crippen LogP contribution in [0.25, 0.3) is 10.9 Å². The second-order valence-electron chi connectivity index (χ2n) is 7.13. The quantitative estimate of drug-likeness (QED) is 0.846. The Hall–Kier alpha value is -1.77. The SMILES string of the molecule is CC(C)(C)C(=O)N1CCC(c2cc3ccccc3[nH]2)CC1. The maximum atomic E-state index is 12.3. The van der Waals surface area contributed by atoms with Gasteiger partial charge in [-0.25, -0.2) is 0 Å². The molecule has 1 aliphatic heterocycles. The van der Waals surface area contributed by atoms with E-state index in [1.807, 2.05) is 25.7 Å². The highest BCUT2D eigenvalue weighted by molar-refractivity contribution is 5.82. The van der Waals surface area contributed by atoms with E-state index >= 15 is 0 Å². The number of likely N-dealkylation sites (tertiary alicyclic amines) is 1. The van der Waals surface area contributed by atoms with Gasteiger partial charge in [0.05, 0.1) is 0 Å². The Labute approximate surface area is 126 Å². The maximum absolute atomic E-state index is 12.3. The highest BCUT2D eigenvalue weighted by Crippen LogP contribution is 2.31. The van der Waals surface area contributed by atoms with Crippen molar-refractivity contribution in [2.75, 3.05) is 13.1 Å². The minimum absolute atomic E-state index is 0.270. The zero-order chi connectivity index (χ0) is 15.0. The smallest absolute Gasteiger partial charge is 0.227 e. The van der Waals surface area contributed by atoms with Crippen LogP contribution in [0.4, 0.5) is 0 Å². The zero-order valence-corrected chi connectivity index (χ0v) is 13.1. The Kier molecular flexibility index (Phi) is 3.52. The number of benzene rings is 1. The lowest BCUT2D eigenvalue weighted by Crippen LogP contribution is -2.43. The lowest BCUT2D eigenvalue weighted by atomic mass is 9.90. The van der Waals surface area contributed by atoms with Gasteiger partial charge in [-0.1, -0.05) is 39.0 Å². The summed E-state index contributed by atoms with van der Waals surface area (Å²) in [5, 5.41) is 1.28. The van der Waals surface area contributed by atoms with Gasteiger partial charge >= 0.3 is 0 Å². The first-order valence-electron chi connectivity index (χ1n) is 7.82. The van der Waals surface area contributed by atoms with Gasteiger partial charge in [-0.2, -0.15) is 0 Å². The van der Waals surface area contributed by atoms with Crippen LogP contribution in [0, 0.1) is 5.41 Å². The number of fused-ring (bicyclic) bond motifs is 1. The summed E-state index contributed by atoms with van der Waals surface area (Å²) < 4.78 is 0. The van der Waals surface area contributed by atoms with Crippen molar-refractivity contribution in [3.8, 4) is 0 Å². The Balaban J connectivity index is 1.69. The van der Waals surface area contributed by atoms with E-state index < -0.39 is 0 Å². The van der Waals surface area contributed by atoms with E-state index in [1.54, 1.807) is 0 Å². The fourth-order valence-electron chi connectivity index (χ4n) is 3.18. The molecular formula is C18H24N2O. The molecule has 1 aromatic carbocycles. The third kappa shape index (κ3) is 2.82. The lowest BCUT2D eigenvalue weighted by molar-refractivity contribution is -0.140. The van der Waals surface area contributed by atoms with Crippen LogP contribution in [0.3, 0.4) is 0 Å². The second-order valence-corrected chi connectivity index (χ2v) is 7.13. The number of nitrogens with one attached hydrogen (secondary N) is 1. The van der Waals surface area contributed by atoms with Gasteiger partial charge in [0.15, 0.2) is 0 Å². The first kappa shape index (κ1) is 14.2. The third-order valence-corrected chi connectivity index (χ3v) is 4.41. The van der Waals surface area contributed by atoms with Gasteiger partial charge in [-0.3, -0.25) is 4.79 Å². The molecule has 1 saturated heterocycles. The van der Waals surface area contributed by atoms with Gasteiger partial charge in [0.2, 0.25) is 5.91 Å². The number of aromatic amines is 1. The topological polar surface area (TPSA) is 36.1 Å². The third-order valence-electron chi connectivity index (χ3n) is 4.41. The molecule has 3 rings (SSSR count). The first-order chi connectivity index (χ1) is 9.95. The number of amides is 1. The molecule has 0 atom stereocenters. The molecule has 1 fully saturated rings. The standard InChI is InChI=1S/C18H24N2O/c1-18(2,3)17(21)20-10-8-13(9-11-20)16-12-14-6-4-5-7-15(14)19-16/h4-7,12-13,19H,8-11H2,1-3H3. The summed E-state index contributed by atoms with van der Waals surface area (Å²) in [6, 6.07) is 10.7. The summed E-state index contributed by atoms with van der Waals surface area (Å²) >= 11 is 0. The molecule has 3 heteroatoms. The molecule has 0 saturated carbocycles. The van der Waals surface area contributed by atoms with Crippen molar-refractivity contribution >= 4 is 16.8 Å². The van der Waals surface area contributed by atoms with E-state index in [9.17, 15) is 4.79 Å². The highest BCUT2D eigenvalue weighted by atomic mass is 16.2. The van der Waals surface area contributed by atoms with E-state index in [2.05, 4.69) is 35.3 Å².